The standard InChI is InChI=1S/C25H35ClO8/c1-5-6-7-8-9-10-14-25(31)16-20(26)24(30)19(25)15-22(34-18(3)28)21(33-17(2)27)12-11-13-23(29)32-4/h9-10,15-16,21-22,31H,5-8,11-14H2,1-4H3/b10-9+,19-15+. The normalized spacial score (nSPS) is 20.8. The Bertz CT molecular complexity index is 829. The molecule has 0 bridgehead atoms. The van der Waals surface area contributed by atoms with E-state index in [-0.39, 0.29) is 36.3 Å². The van der Waals surface area contributed by atoms with Crippen LogP contribution in [0.5, 0.6) is 0 Å². The van der Waals surface area contributed by atoms with E-state index in [9.17, 15) is 24.3 Å². The largest absolute Gasteiger partial charge is 0.469 e. The van der Waals surface area contributed by atoms with Gasteiger partial charge in [0.25, 0.3) is 0 Å². The van der Waals surface area contributed by atoms with Crippen LogP contribution in [-0.2, 0) is 33.4 Å². The Kier molecular flexibility index (Phi) is 12.8. The van der Waals surface area contributed by atoms with Gasteiger partial charge >= 0.3 is 17.9 Å². The molecule has 190 valence electrons. The molecule has 0 aromatic heterocycles. The first-order valence-electron chi connectivity index (χ1n) is 11.5. The van der Waals surface area contributed by atoms with Crippen molar-refractivity contribution in [1.29, 1.82) is 0 Å². The maximum absolute atomic E-state index is 12.7. The molecule has 0 radical (unpaired) electrons. The fourth-order valence-corrected chi connectivity index (χ4v) is 3.87. The highest BCUT2D eigenvalue weighted by Crippen LogP contribution is 2.37. The van der Waals surface area contributed by atoms with Crippen LogP contribution in [0.15, 0.2) is 34.9 Å². The lowest BCUT2D eigenvalue weighted by molar-refractivity contribution is -0.162. The topological polar surface area (TPSA) is 116 Å². The van der Waals surface area contributed by atoms with E-state index in [2.05, 4.69) is 11.7 Å². The molecule has 9 heteroatoms. The van der Waals surface area contributed by atoms with E-state index in [1.807, 2.05) is 6.08 Å². The van der Waals surface area contributed by atoms with Gasteiger partial charge in [0.15, 0.2) is 6.10 Å². The molecule has 0 aliphatic heterocycles. The minimum atomic E-state index is -1.69. The average Bonchev–Trinajstić information content (AvgIpc) is 2.97. The quantitative estimate of drug-likeness (QED) is 0.125. The summed E-state index contributed by atoms with van der Waals surface area (Å²) in [7, 11) is 1.26. The Balaban J connectivity index is 3.20. The van der Waals surface area contributed by atoms with Gasteiger partial charge in [0.05, 0.1) is 12.1 Å². The number of ketones is 1. The van der Waals surface area contributed by atoms with Crippen molar-refractivity contribution in [3.8, 4) is 0 Å². The summed E-state index contributed by atoms with van der Waals surface area (Å²) in [5.74, 6) is -2.34. The molecule has 1 aliphatic carbocycles. The lowest BCUT2D eigenvalue weighted by atomic mass is 9.90. The van der Waals surface area contributed by atoms with Gasteiger partial charge in [0.1, 0.15) is 11.7 Å². The summed E-state index contributed by atoms with van der Waals surface area (Å²) in [6.45, 7) is 4.49. The molecule has 0 heterocycles. The molecule has 0 fully saturated rings. The van der Waals surface area contributed by atoms with Crippen molar-refractivity contribution in [2.45, 2.75) is 89.9 Å². The number of allylic oxidation sites excluding steroid dienone is 2. The number of ether oxygens (including phenoxy) is 3. The highest BCUT2D eigenvalue weighted by Gasteiger charge is 2.42. The summed E-state index contributed by atoms with van der Waals surface area (Å²) in [4.78, 5) is 47.7. The maximum atomic E-state index is 12.7. The van der Waals surface area contributed by atoms with Gasteiger partial charge in [-0.3, -0.25) is 19.2 Å². The molecule has 1 aliphatic rings. The first kappa shape index (κ1) is 29.6. The lowest BCUT2D eigenvalue weighted by Gasteiger charge is -2.27. The molecule has 0 amide bonds. The number of carbonyl (C=O) groups excluding carboxylic acids is 4. The third kappa shape index (κ3) is 9.81. The van der Waals surface area contributed by atoms with Gasteiger partial charge in [-0.15, -0.1) is 0 Å². The van der Waals surface area contributed by atoms with E-state index >= 15 is 0 Å². The number of esters is 3. The number of methoxy groups -OCH3 is 1. The number of hydrogen-bond donors (Lipinski definition) is 1. The van der Waals surface area contributed by atoms with Crippen molar-refractivity contribution in [3.63, 3.8) is 0 Å². The van der Waals surface area contributed by atoms with Gasteiger partial charge < -0.3 is 19.3 Å². The van der Waals surface area contributed by atoms with E-state index < -0.39 is 41.5 Å². The van der Waals surface area contributed by atoms with Gasteiger partial charge in [-0.25, -0.2) is 0 Å². The van der Waals surface area contributed by atoms with Crippen molar-refractivity contribution in [2.75, 3.05) is 7.11 Å². The van der Waals surface area contributed by atoms with Crippen LogP contribution in [0.3, 0.4) is 0 Å². The van der Waals surface area contributed by atoms with Crippen LogP contribution in [0.4, 0.5) is 0 Å². The smallest absolute Gasteiger partial charge is 0.305 e. The number of carbonyl (C=O) groups is 4. The van der Waals surface area contributed by atoms with E-state index in [0.29, 0.717) is 0 Å². The predicted molar refractivity (Wildman–Crippen MR) is 127 cm³/mol. The first-order chi connectivity index (χ1) is 16.0. The molecule has 1 N–H and O–H groups in total. The Labute approximate surface area is 206 Å². The molecular formula is C25H35ClO8. The second-order valence-corrected chi connectivity index (χ2v) is 8.59. The second-order valence-electron chi connectivity index (χ2n) is 8.19. The number of Topliss-reactive ketones (excluding diaryl/α,β-unsaturated/α-hetero) is 1. The Morgan fingerprint density at radius 1 is 1.12 bits per heavy atom. The second kappa shape index (κ2) is 14.7. The number of unbranched alkanes of at least 4 members (excludes halogenated alkanes) is 3. The molecule has 34 heavy (non-hydrogen) atoms. The van der Waals surface area contributed by atoms with Crippen LogP contribution in [0, 0.1) is 0 Å². The minimum absolute atomic E-state index is 0.0629. The molecule has 8 nitrogen and oxygen atoms in total. The molecule has 0 aromatic rings. The number of aliphatic hydroxyl groups is 1. The van der Waals surface area contributed by atoms with Crippen LogP contribution in [0.25, 0.3) is 0 Å². The van der Waals surface area contributed by atoms with Crippen molar-refractivity contribution >= 4 is 35.3 Å². The Morgan fingerprint density at radius 3 is 2.38 bits per heavy atom. The van der Waals surface area contributed by atoms with Crippen LogP contribution in [0.2, 0.25) is 0 Å². The molecule has 0 spiro atoms. The van der Waals surface area contributed by atoms with Crippen molar-refractivity contribution < 1.29 is 38.5 Å². The van der Waals surface area contributed by atoms with E-state index in [4.69, 9.17) is 21.1 Å². The SMILES string of the molecule is CCCCC/C=C/CC1(O)C=C(Cl)C(=O)/C1=C\C(OC(C)=O)C(CCCC(=O)OC)OC(C)=O. The average molecular weight is 499 g/mol. The lowest BCUT2D eigenvalue weighted by Crippen LogP contribution is -2.36. The number of hydrogen-bond acceptors (Lipinski definition) is 8. The summed E-state index contributed by atoms with van der Waals surface area (Å²) >= 11 is 6.05. The monoisotopic (exact) mass is 498 g/mol. The van der Waals surface area contributed by atoms with Crippen LogP contribution >= 0.6 is 11.6 Å². The van der Waals surface area contributed by atoms with Crippen molar-refractivity contribution in [3.05, 3.63) is 34.9 Å². The zero-order chi connectivity index (χ0) is 25.7. The van der Waals surface area contributed by atoms with E-state index in [0.717, 1.165) is 25.7 Å². The summed E-state index contributed by atoms with van der Waals surface area (Å²) < 4.78 is 15.3. The van der Waals surface area contributed by atoms with Gasteiger partial charge in [0.2, 0.25) is 5.78 Å². The third-order valence-corrected chi connectivity index (χ3v) is 5.56. The molecule has 3 unspecified atom stereocenters. The molecule has 1 rings (SSSR count). The van der Waals surface area contributed by atoms with E-state index in [1.165, 1.54) is 33.1 Å². The van der Waals surface area contributed by atoms with Crippen LogP contribution in [-0.4, -0.2) is 53.7 Å². The fraction of sp³-hybridized carbons (Fsp3) is 0.600. The third-order valence-electron chi connectivity index (χ3n) is 5.28. The molecular weight excluding hydrogens is 464 g/mol. The minimum Gasteiger partial charge on any atom is -0.469 e. The molecule has 3 atom stereocenters. The summed E-state index contributed by atoms with van der Waals surface area (Å²) in [5.41, 5.74) is -1.76. The number of rotatable bonds is 14. The fourth-order valence-electron chi connectivity index (χ4n) is 3.59. The Hall–Kier alpha value is -2.45. The summed E-state index contributed by atoms with van der Waals surface area (Å²) in [6, 6.07) is 0. The predicted octanol–water partition coefficient (Wildman–Crippen LogP) is 4.08. The zero-order valence-electron chi connectivity index (χ0n) is 20.3. The van der Waals surface area contributed by atoms with Gasteiger partial charge in [0, 0.05) is 32.3 Å². The van der Waals surface area contributed by atoms with Crippen LogP contribution in [0.1, 0.15) is 72.1 Å². The van der Waals surface area contributed by atoms with Crippen LogP contribution < -0.4 is 0 Å². The Morgan fingerprint density at radius 2 is 1.79 bits per heavy atom. The number of halogens is 1. The first-order valence-corrected chi connectivity index (χ1v) is 11.9. The van der Waals surface area contributed by atoms with Gasteiger partial charge in [-0.2, -0.15) is 0 Å². The summed E-state index contributed by atoms with van der Waals surface area (Å²) in [5, 5.41) is 11.1. The van der Waals surface area contributed by atoms with E-state index in [1.54, 1.807) is 6.08 Å². The molecule has 0 saturated heterocycles. The van der Waals surface area contributed by atoms with Crippen molar-refractivity contribution in [1.82, 2.24) is 0 Å². The van der Waals surface area contributed by atoms with Gasteiger partial charge in [-0.05, 0) is 37.8 Å². The molecule has 0 aromatic carbocycles. The zero-order valence-corrected chi connectivity index (χ0v) is 21.1. The van der Waals surface area contributed by atoms with Crippen molar-refractivity contribution in [2.24, 2.45) is 0 Å². The highest BCUT2D eigenvalue weighted by atomic mass is 35.5. The molecule has 0 saturated carbocycles. The van der Waals surface area contributed by atoms with Gasteiger partial charge in [-0.1, -0.05) is 43.5 Å². The maximum Gasteiger partial charge on any atom is 0.305 e. The highest BCUT2D eigenvalue weighted by molar-refractivity contribution is 6.46. The summed E-state index contributed by atoms with van der Waals surface area (Å²) in [6.07, 6.45) is 8.77.